The molecule has 7 nitrogen and oxygen atoms in total. The highest BCUT2D eigenvalue weighted by atomic mass is 19.1. The van der Waals surface area contributed by atoms with E-state index in [9.17, 15) is 4.79 Å². The Morgan fingerprint density at radius 3 is 2.45 bits per heavy atom. The average molecular weight is 518 g/mol. The second kappa shape index (κ2) is 9.16. The van der Waals surface area contributed by atoms with E-state index < -0.39 is 24.1 Å². The minimum absolute atomic E-state index is 0.0236. The van der Waals surface area contributed by atoms with E-state index in [2.05, 4.69) is 6.92 Å². The average Bonchev–Trinajstić information content (AvgIpc) is 3.61. The van der Waals surface area contributed by atoms with Crippen LogP contribution in [0.5, 0.6) is 0 Å². The second-order valence-electron chi connectivity index (χ2n) is 12.2. The number of rotatable bonds is 4. The summed E-state index contributed by atoms with van der Waals surface area (Å²) in [4.78, 5) is 20.2. The molecule has 4 heterocycles. The number of benzene rings is 1. The van der Waals surface area contributed by atoms with Gasteiger partial charge in [0.15, 0.2) is 5.65 Å². The van der Waals surface area contributed by atoms with E-state index in [4.69, 9.17) is 19.4 Å². The quantitative estimate of drug-likeness (QED) is 0.449. The van der Waals surface area contributed by atoms with Gasteiger partial charge in [-0.15, -0.1) is 0 Å². The molecule has 0 radical (unpaired) electrons. The molecule has 200 valence electrons. The van der Waals surface area contributed by atoms with E-state index in [-0.39, 0.29) is 11.9 Å². The molecule has 0 N–H and O–H groups in total. The first-order chi connectivity index (χ1) is 18.0. The third kappa shape index (κ3) is 4.43. The molecule has 1 aliphatic carbocycles. The van der Waals surface area contributed by atoms with Crippen molar-refractivity contribution >= 4 is 24.1 Å². The van der Waals surface area contributed by atoms with Crippen LogP contribution in [0.3, 0.4) is 0 Å². The zero-order valence-corrected chi connectivity index (χ0v) is 23.0. The molecule has 3 aliphatic rings. The molecule has 9 heteroatoms. The Labute approximate surface area is 223 Å². The minimum atomic E-state index is -0.636. The van der Waals surface area contributed by atoms with Crippen LogP contribution in [0.1, 0.15) is 95.2 Å². The van der Waals surface area contributed by atoms with Crippen LogP contribution < -0.4 is 5.46 Å². The maximum atomic E-state index is 15.5. The van der Waals surface area contributed by atoms with Crippen LogP contribution in [0.15, 0.2) is 30.3 Å². The van der Waals surface area contributed by atoms with Crippen molar-refractivity contribution in [1.29, 1.82) is 0 Å². The standard InChI is InChI=1S/C29H36BFN4O3/c1-18-9-7-6-8-14-34(18)27(36)24-16-25(19-10-11-19)35-26(32-24)17-23(33-35)21-13-12-20(15-22(21)31)30-37-28(2,3)29(4,5)38-30/h12-13,15-19H,6-11,14H2,1-5H3/t18-/m1/s1. The van der Waals surface area contributed by atoms with Gasteiger partial charge in [-0.05, 0) is 77.9 Å². The van der Waals surface area contributed by atoms with Crippen LogP contribution in [-0.2, 0) is 9.31 Å². The molecule has 2 aromatic heterocycles. The number of aromatic nitrogens is 3. The van der Waals surface area contributed by atoms with Crippen molar-refractivity contribution in [2.24, 2.45) is 0 Å². The summed E-state index contributed by atoms with van der Waals surface area (Å²) in [6.45, 7) is 10.8. The van der Waals surface area contributed by atoms with Crippen molar-refractivity contribution in [2.45, 2.75) is 96.3 Å². The first-order valence-corrected chi connectivity index (χ1v) is 13.9. The van der Waals surface area contributed by atoms with Crippen LogP contribution >= 0.6 is 0 Å². The highest BCUT2D eigenvalue weighted by molar-refractivity contribution is 6.62. The predicted molar refractivity (Wildman–Crippen MR) is 145 cm³/mol. The van der Waals surface area contributed by atoms with Crippen LogP contribution in [0.25, 0.3) is 16.9 Å². The lowest BCUT2D eigenvalue weighted by molar-refractivity contribution is 0.00578. The molecule has 3 aromatic rings. The van der Waals surface area contributed by atoms with Gasteiger partial charge >= 0.3 is 7.12 Å². The van der Waals surface area contributed by atoms with Gasteiger partial charge in [-0.2, -0.15) is 5.10 Å². The predicted octanol–water partition coefficient (Wildman–Crippen LogP) is 5.12. The molecule has 1 amide bonds. The molecule has 6 rings (SSSR count). The SMILES string of the molecule is C[C@@H]1CCCCCN1C(=O)c1cc(C2CC2)n2nc(-c3ccc(B4OC(C)(C)C(C)(C)O4)cc3F)cc2n1. The van der Waals surface area contributed by atoms with E-state index >= 15 is 4.39 Å². The van der Waals surface area contributed by atoms with E-state index in [0.717, 1.165) is 50.8 Å². The maximum absolute atomic E-state index is 15.5. The summed E-state index contributed by atoms with van der Waals surface area (Å²) in [7, 11) is -0.636. The molecule has 1 aromatic carbocycles. The lowest BCUT2D eigenvalue weighted by Gasteiger charge is -2.32. The monoisotopic (exact) mass is 518 g/mol. The van der Waals surface area contributed by atoms with Crippen molar-refractivity contribution in [3.05, 3.63) is 47.5 Å². The lowest BCUT2D eigenvalue weighted by Crippen LogP contribution is -2.41. The van der Waals surface area contributed by atoms with Crippen molar-refractivity contribution < 1.29 is 18.5 Å². The zero-order chi connectivity index (χ0) is 26.8. The third-order valence-electron chi connectivity index (χ3n) is 8.78. The van der Waals surface area contributed by atoms with E-state index in [1.807, 2.05) is 44.7 Å². The fraction of sp³-hybridized carbons (Fsp3) is 0.552. The molecule has 2 saturated heterocycles. The fourth-order valence-electron chi connectivity index (χ4n) is 5.50. The highest BCUT2D eigenvalue weighted by Crippen LogP contribution is 2.41. The molecular weight excluding hydrogens is 482 g/mol. The van der Waals surface area contributed by atoms with Gasteiger partial charge in [0.1, 0.15) is 11.5 Å². The van der Waals surface area contributed by atoms with E-state index in [0.29, 0.717) is 34.0 Å². The number of likely N-dealkylation sites (tertiary alicyclic amines) is 1. The van der Waals surface area contributed by atoms with Crippen LogP contribution in [0, 0.1) is 5.82 Å². The summed E-state index contributed by atoms with van der Waals surface area (Å²) >= 11 is 0. The normalized spacial score (nSPS) is 23.2. The van der Waals surface area contributed by atoms with Crippen molar-refractivity contribution in [3.8, 4) is 11.3 Å². The van der Waals surface area contributed by atoms with Gasteiger partial charge in [0.25, 0.3) is 5.91 Å². The highest BCUT2D eigenvalue weighted by Gasteiger charge is 2.51. The number of hydrogen-bond donors (Lipinski definition) is 0. The molecule has 3 fully saturated rings. The van der Waals surface area contributed by atoms with Gasteiger partial charge in [0.05, 0.1) is 16.9 Å². The molecule has 1 saturated carbocycles. The van der Waals surface area contributed by atoms with Crippen molar-refractivity contribution in [3.63, 3.8) is 0 Å². The number of hydrogen-bond acceptors (Lipinski definition) is 5. The van der Waals surface area contributed by atoms with Crippen LogP contribution in [-0.4, -0.2) is 56.3 Å². The maximum Gasteiger partial charge on any atom is 0.494 e. The Morgan fingerprint density at radius 1 is 1.03 bits per heavy atom. The Kier molecular flexibility index (Phi) is 6.15. The summed E-state index contributed by atoms with van der Waals surface area (Å²) in [5, 5.41) is 4.75. The molecule has 0 bridgehead atoms. The third-order valence-corrected chi connectivity index (χ3v) is 8.78. The minimum Gasteiger partial charge on any atom is -0.399 e. The summed E-state index contributed by atoms with van der Waals surface area (Å²) < 4.78 is 29.4. The number of carbonyl (C=O) groups is 1. The Morgan fingerprint density at radius 2 is 1.76 bits per heavy atom. The first-order valence-electron chi connectivity index (χ1n) is 13.9. The summed E-state index contributed by atoms with van der Waals surface area (Å²) in [6, 6.07) is 8.89. The molecule has 0 spiro atoms. The summed E-state index contributed by atoms with van der Waals surface area (Å²) in [6.07, 6.45) is 6.44. The van der Waals surface area contributed by atoms with Crippen molar-refractivity contribution in [1.82, 2.24) is 19.5 Å². The van der Waals surface area contributed by atoms with Crippen LogP contribution in [0.4, 0.5) is 4.39 Å². The Bertz CT molecular complexity index is 1380. The molecule has 1 atom stereocenters. The first kappa shape index (κ1) is 25.5. The van der Waals surface area contributed by atoms with E-state index in [1.165, 1.54) is 6.07 Å². The number of amides is 1. The summed E-state index contributed by atoms with van der Waals surface area (Å²) in [5.41, 5.74) is 2.50. The fourth-order valence-corrected chi connectivity index (χ4v) is 5.50. The molecule has 38 heavy (non-hydrogen) atoms. The molecule has 0 unspecified atom stereocenters. The van der Waals surface area contributed by atoms with Gasteiger partial charge in [0, 0.05) is 35.8 Å². The Hall–Kier alpha value is -2.78. The van der Waals surface area contributed by atoms with Gasteiger partial charge < -0.3 is 14.2 Å². The number of halogens is 1. The Balaban J connectivity index is 1.34. The topological polar surface area (TPSA) is 69.0 Å². The van der Waals surface area contributed by atoms with Gasteiger partial charge in [-0.25, -0.2) is 13.9 Å². The number of carbonyl (C=O) groups excluding carboxylic acids is 1. The van der Waals surface area contributed by atoms with Gasteiger partial charge in [-0.1, -0.05) is 25.0 Å². The number of nitrogens with zero attached hydrogens (tertiary/aromatic N) is 4. The lowest BCUT2D eigenvalue weighted by atomic mass is 9.78. The van der Waals surface area contributed by atoms with Gasteiger partial charge in [0.2, 0.25) is 0 Å². The van der Waals surface area contributed by atoms with Crippen molar-refractivity contribution in [2.75, 3.05) is 6.54 Å². The zero-order valence-electron chi connectivity index (χ0n) is 23.0. The number of fused-ring (bicyclic) bond motifs is 1. The van der Waals surface area contributed by atoms with Gasteiger partial charge in [-0.3, -0.25) is 4.79 Å². The van der Waals surface area contributed by atoms with E-state index in [1.54, 1.807) is 16.6 Å². The molecule has 2 aliphatic heterocycles. The second-order valence-corrected chi connectivity index (χ2v) is 12.2. The molecular formula is C29H36BFN4O3. The summed E-state index contributed by atoms with van der Waals surface area (Å²) in [5.74, 6) is -0.0790. The largest absolute Gasteiger partial charge is 0.494 e. The smallest absolute Gasteiger partial charge is 0.399 e. The van der Waals surface area contributed by atoms with Crippen LogP contribution in [0.2, 0.25) is 0 Å².